The molecule has 0 amide bonds. The van der Waals surface area contributed by atoms with Gasteiger partial charge < -0.3 is 15.2 Å². The van der Waals surface area contributed by atoms with Crippen molar-refractivity contribution < 1.29 is 23.0 Å². The first-order valence-electron chi connectivity index (χ1n) is 5.91. The van der Waals surface area contributed by atoms with Gasteiger partial charge in [-0.1, -0.05) is 17.7 Å². The zero-order chi connectivity index (χ0) is 15.4. The standard InChI is InChI=1S/C14H11ClF3NO2/c15-10-5-8(1-3-12(10)20)7-19-9-2-4-13(11(16)6-9)21-14(17)18/h1-6,14,19-20H,7H2. The first kappa shape index (κ1) is 15.3. The molecule has 0 atom stereocenters. The SMILES string of the molecule is Oc1ccc(CNc2ccc(OC(F)F)c(F)c2)cc1Cl. The maximum Gasteiger partial charge on any atom is 0.387 e. The van der Waals surface area contributed by atoms with Gasteiger partial charge in [0.25, 0.3) is 0 Å². The van der Waals surface area contributed by atoms with Crippen LogP contribution in [0.3, 0.4) is 0 Å². The molecule has 0 bridgehead atoms. The van der Waals surface area contributed by atoms with Crippen LogP contribution in [-0.2, 0) is 6.54 Å². The smallest absolute Gasteiger partial charge is 0.387 e. The lowest BCUT2D eigenvalue weighted by molar-refractivity contribution is -0.0521. The van der Waals surface area contributed by atoms with Gasteiger partial charge in [-0.25, -0.2) is 4.39 Å². The molecule has 0 unspecified atom stereocenters. The van der Waals surface area contributed by atoms with Crippen LogP contribution in [0, 0.1) is 5.82 Å². The third-order valence-corrected chi connectivity index (χ3v) is 2.96. The molecule has 0 aliphatic heterocycles. The van der Waals surface area contributed by atoms with Gasteiger partial charge in [-0.2, -0.15) is 8.78 Å². The summed E-state index contributed by atoms with van der Waals surface area (Å²) in [6.45, 7) is -2.74. The van der Waals surface area contributed by atoms with Crippen molar-refractivity contribution in [3.8, 4) is 11.5 Å². The number of rotatable bonds is 5. The Labute approximate surface area is 123 Å². The van der Waals surface area contributed by atoms with E-state index in [1.54, 1.807) is 12.1 Å². The fraction of sp³-hybridized carbons (Fsp3) is 0.143. The molecule has 3 nitrogen and oxygen atoms in total. The topological polar surface area (TPSA) is 41.5 Å². The van der Waals surface area contributed by atoms with E-state index >= 15 is 0 Å². The van der Waals surface area contributed by atoms with Crippen LogP contribution >= 0.6 is 11.6 Å². The van der Waals surface area contributed by atoms with Crippen molar-refractivity contribution in [2.24, 2.45) is 0 Å². The van der Waals surface area contributed by atoms with Crippen molar-refractivity contribution in [3.63, 3.8) is 0 Å². The fourth-order valence-electron chi connectivity index (χ4n) is 1.67. The van der Waals surface area contributed by atoms with E-state index in [4.69, 9.17) is 11.6 Å². The van der Waals surface area contributed by atoms with E-state index in [0.717, 1.165) is 17.7 Å². The molecule has 7 heteroatoms. The first-order chi connectivity index (χ1) is 9.95. The van der Waals surface area contributed by atoms with Gasteiger partial charge in [-0.05, 0) is 29.8 Å². The van der Waals surface area contributed by atoms with Crippen LogP contribution in [0.2, 0.25) is 5.02 Å². The molecule has 0 aromatic heterocycles. The normalized spacial score (nSPS) is 10.7. The number of phenols is 1. The number of phenolic OH excluding ortho intramolecular Hbond substituents is 1. The molecule has 0 spiro atoms. The molecule has 0 saturated carbocycles. The minimum Gasteiger partial charge on any atom is -0.506 e. The van der Waals surface area contributed by atoms with Crippen LogP contribution in [0.5, 0.6) is 11.5 Å². The zero-order valence-electron chi connectivity index (χ0n) is 10.6. The van der Waals surface area contributed by atoms with Gasteiger partial charge >= 0.3 is 6.61 Å². The van der Waals surface area contributed by atoms with Crippen molar-refractivity contribution >= 4 is 17.3 Å². The number of benzene rings is 2. The summed E-state index contributed by atoms with van der Waals surface area (Å²) >= 11 is 5.76. The van der Waals surface area contributed by atoms with Gasteiger partial charge in [0.2, 0.25) is 0 Å². The average molecular weight is 318 g/mol. The Morgan fingerprint density at radius 3 is 2.57 bits per heavy atom. The van der Waals surface area contributed by atoms with Crippen molar-refractivity contribution in [2.75, 3.05) is 5.32 Å². The Morgan fingerprint density at radius 2 is 1.95 bits per heavy atom. The zero-order valence-corrected chi connectivity index (χ0v) is 11.4. The lowest BCUT2D eigenvalue weighted by Gasteiger charge is -2.10. The lowest BCUT2D eigenvalue weighted by atomic mass is 10.2. The highest BCUT2D eigenvalue weighted by Crippen LogP contribution is 2.25. The van der Waals surface area contributed by atoms with Crippen molar-refractivity contribution in [1.82, 2.24) is 0 Å². The van der Waals surface area contributed by atoms with E-state index in [9.17, 15) is 18.3 Å². The number of alkyl halides is 2. The Morgan fingerprint density at radius 1 is 1.19 bits per heavy atom. The maximum absolute atomic E-state index is 13.5. The van der Waals surface area contributed by atoms with E-state index in [0.29, 0.717) is 12.2 Å². The average Bonchev–Trinajstić information content (AvgIpc) is 2.42. The number of hydrogen-bond acceptors (Lipinski definition) is 3. The third kappa shape index (κ3) is 4.19. The molecule has 0 radical (unpaired) electrons. The summed E-state index contributed by atoms with van der Waals surface area (Å²) < 4.78 is 41.5. The monoisotopic (exact) mass is 317 g/mol. The first-order valence-corrected chi connectivity index (χ1v) is 6.29. The van der Waals surface area contributed by atoms with Gasteiger partial charge in [-0.3, -0.25) is 0 Å². The van der Waals surface area contributed by atoms with Crippen molar-refractivity contribution in [1.29, 1.82) is 0 Å². The van der Waals surface area contributed by atoms with E-state index in [1.807, 2.05) is 0 Å². The summed E-state index contributed by atoms with van der Waals surface area (Å²) in [6, 6.07) is 8.25. The predicted octanol–water partition coefficient (Wildman–Crippen LogP) is 4.40. The molecule has 2 aromatic rings. The molecule has 2 N–H and O–H groups in total. The molecule has 21 heavy (non-hydrogen) atoms. The number of ether oxygens (including phenoxy) is 1. The minimum atomic E-state index is -3.07. The van der Waals surface area contributed by atoms with Gasteiger partial charge in [0.1, 0.15) is 5.75 Å². The van der Waals surface area contributed by atoms with Crippen LogP contribution in [-0.4, -0.2) is 11.7 Å². The van der Waals surface area contributed by atoms with Crippen LogP contribution in [0.25, 0.3) is 0 Å². The minimum absolute atomic E-state index is 0.0278. The van der Waals surface area contributed by atoms with Crippen LogP contribution < -0.4 is 10.1 Å². The van der Waals surface area contributed by atoms with Gasteiger partial charge in [0, 0.05) is 18.3 Å². The second kappa shape index (κ2) is 6.58. The van der Waals surface area contributed by atoms with Crippen molar-refractivity contribution in [2.45, 2.75) is 13.2 Å². The van der Waals surface area contributed by atoms with Gasteiger partial charge in [0.15, 0.2) is 11.6 Å². The quantitative estimate of drug-likeness (QED) is 0.859. The van der Waals surface area contributed by atoms with E-state index < -0.39 is 18.2 Å². The number of halogens is 4. The molecule has 0 aliphatic carbocycles. The molecule has 0 fully saturated rings. The Hall–Kier alpha value is -2.08. The van der Waals surface area contributed by atoms with E-state index in [-0.39, 0.29) is 10.8 Å². The molecule has 0 heterocycles. The fourth-order valence-corrected chi connectivity index (χ4v) is 1.87. The second-order valence-corrected chi connectivity index (χ2v) is 4.57. The van der Waals surface area contributed by atoms with Crippen LogP contribution in [0.15, 0.2) is 36.4 Å². The summed E-state index contributed by atoms with van der Waals surface area (Å²) in [5, 5.41) is 12.4. The number of hydrogen-bond donors (Lipinski definition) is 2. The summed E-state index contributed by atoms with van der Waals surface area (Å²) in [4.78, 5) is 0. The summed E-state index contributed by atoms with van der Waals surface area (Å²) in [5.41, 5.74) is 1.17. The molecule has 2 rings (SSSR count). The molecule has 0 saturated heterocycles. The van der Waals surface area contributed by atoms with Crippen LogP contribution in [0.1, 0.15) is 5.56 Å². The molecule has 2 aromatic carbocycles. The van der Waals surface area contributed by atoms with E-state index in [1.165, 1.54) is 12.1 Å². The number of nitrogens with one attached hydrogen (secondary N) is 1. The van der Waals surface area contributed by atoms with E-state index in [2.05, 4.69) is 10.1 Å². The third-order valence-electron chi connectivity index (χ3n) is 2.66. The highest BCUT2D eigenvalue weighted by molar-refractivity contribution is 6.32. The van der Waals surface area contributed by atoms with Crippen LogP contribution in [0.4, 0.5) is 18.9 Å². The van der Waals surface area contributed by atoms with Gasteiger partial charge in [0.05, 0.1) is 5.02 Å². The predicted molar refractivity (Wildman–Crippen MR) is 73.5 cm³/mol. The summed E-state index contributed by atoms with van der Waals surface area (Å²) in [7, 11) is 0. The largest absolute Gasteiger partial charge is 0.506 e. The number of aromatic hydroxyl groups is 1. The highest BCUT2D eigenvalue weighted by atomic mass is 35.5. The van der Waals surface area contributed by atoms with Gasteiger partial charge in [-0.15, -0.1) is 0 Å². The number of anilines is 1. The Bertz CT molecular complexity index is 638. The van der Waals surface area contributed by atoms with Crippen molar-refractivity contribution in [3.05, 3.63) is 52.8 Å². The highest BCUT2D eigenvalue weighted by Gasteiger charge is 2.10. The maximum atomic E-state index is 13.5. The Kier molecular flexibility index (Phi) is 4.80. The summed E-state index contributed by atoms with van der Waals surface area (Å²) in [6.07, 6.45) is 0. The second-order valence-electron chi connectivity index (χ2n) is 4.16. The lowest BCUT2D eigenvalue weighted by Crippen LogP contribution is -2.05. The summed E-state index contributed by atoms with van der Waals surface area (Å²) in [5.74, 6) is -1.42. The Balaban J connectivity index is 2.03. The molecule has 112 valence electrons. The molecular weight excluding hydrogens is 307 g/mol. The molecular formula is C14H11ClF3NO2. The molecule has 0 aliphatic rings.